The van der Waals surface area contributed by atoms with E-state index in [0.29, 0.717) is 10.5 Å². The van der Waals surface area contributed by atoms with Crippen LogP contribution in [-0.2, 0) is 0 Å². The maximum absolute atomic E-state index is 5.92. The van der Waals surface area contributed by atoms with Gasteiger partial charge in [0.2, 0.25) is 0 Å². The average Bonchev–Trinajstić information content (AvgIpc) is 2.18. The highest BCUT2D eigenvalue weighted by Crippen LogP contribution is 2.12. The molecule has 1 rings (SSSR count). The SMILES string of the molecule is CN(C)C(Cl)=NC(Cl)=Cc1ccccc1. The minimum Gasteiger partial charge on any atom is -0.353 e. The number of benzene rings is 1. The van der Waals surface area contributed by atoms with Crippen molar-refractivity contribution >= 4 is 34.6 Å². The highest BCUT2D eigenvalue weighted by Gasteiger charge is 1.97. The van der Waals surface area contributed by atoms with Gasteiger partial charge < -0.3 is 4.90 Å². The summed E-state index contributed by atoms with van der Waals surface area (Å²) in [6.45, 7) is 0. The molecule has 0 bridgehead atoms. The number of rotatable bonds is 2. The molecule has 0 atom stereocenters. The Labute approximate surface area is 99.8 Å². The lowest BCUT2D eigenvalue weighted by atomic mass is 10.2. The highest BCUT2D eigenvalue weighted by molar-refractivity contribution is 6.65. The first kappa shape index (κ1) is 12.1. The minimum atomic E-state index is 0.354. The molecule has 0 N–H and O–H groups in total. The second kappa shape index (κ2) is 5.79. The molecular formula is C11H12Cl2N2. The minimum absolute atomic E-state index is 0.354. The van der Waals surface area contributed by atoms with Gasteiger partial charge in [-0.3, -0.25) is 0 Å². The van der Waals surface area contributed by atoms with Gasteiger partial charge in [0.05, 0.1) is 0 Å². The predicted molar refractivity (Wildman–Crippen MR) is 67.2 cm³/mol. The summed E-state index contributed by atoms with van der Waals surface area (Å²) in [5.41, 5.74) is 0.995. The normalized spacial score (nSPS) is 12.8. The van der Waals surface area contributed by atoms with Crippen molar-refractivity contribution in [3.8, 4) is 0 Å². The lowest BCUT2D eigenvalue weighted by Gasteiger charge is -2.07. The number of nitrogens with zero attached hydrogens (tertiary/aromatic N) is 2. The molecule has 1 aromatic rings. The second-order valence-corrected chi connectivity index (χ2v) is 3.88. The van der Waals surface area contributed by atoms with Crippen LogP contribution in [0.15, 0.2) is 40.5 Å². The Morgan fingerprint density at radius 3 is 2.33 bits per heavy atom. The van der Waals surface area contributed by atoms with Gasteiger partial charge in [-0.25, -0.2) is 4.99 Å². The molecule has 15 heavy (non-hydrogen) atoms. The van der Waals surface area contributed by atoms with Crippen molar-refractivity contribution in [2.75, 3.05) is 14.1 Å². The van der Waals surface area contributed by atoms with E-state index < -0.39 is 0 Å². The van der Waals surface area contributed by atoms with Crippen molar-refractivity contribution in [2.24, 2.45) is 4.99 Å². The van der Waals surface area contributed by atoms with E-state index in [2.05, 4.69) is 4.99 Å². The van der Waals surface area contributed by atoms with Gasteiger partial charge in [-0.2, -0.15) is 0 Å². The first-order valence-corrected chi connectivity index (χ1v) is 5.19. The molecule has 0 aliphatic carbocycles. The van der Waals surface area contributed by atoms with Crippen LogP contribution in [-0.4, -0.2) is 24.3 Å². The Kier molecular flexibility index (Phi) is 4.66. The van der Waals surface area contributed by atoms with Crippen LogP contribution in [0.5, 0.6) is 0 Å². The van der Waals surface area contributed by atoms with Crippen LogP contribution in [0.4, 0.5) is 0 Å². The lowest BCUT2D eigenvalue weighted by Crippen LogP contribution is -2.15. The fourth-order valence-electron chi connectivity index (χ4n) is 0.907. The Balaban J connectivity index is 2.82. The third-order valence-corrected chi connectivity index (χ3v) is 2.27. The Morgan fingerprint density at radius 1 is 1.20 bits per heavy atom. The van der Waals surface area contributed by atoms with E-state index in [1.54, 1.807) is 25.1 Å². The van der Waals surface area contributed by atoms with Crippen molar-refractivity contribution in [1.82, 2.24) is 4.90 Å². The summed E-state index contributed by atoms with van der Waals surface area (Å²) in [6, 6.07) is 9.71. The first-order chi connectivity index (χ1) is 7.09. The van der Waals surface area contributed by atoms with Crippen molar-refractivity contribution < 1.29 is 0 Å². The maximum Gasteiger partial charge on any atom is 0.199 e. The molecule has 80 valence electrons. The quantitative estimate of drug-likeness (QED) is 0.441. The molecule has 4 heteroatoms. The third-order valence-electron chi connectivity index (χ3n) is 1.65. The van der Waals surface area contributed by atoms with Gasteiger partial charge in [0, 0.05) is 14.1 Å². The number of amidine groups is 1. The summed E-state index contributed by atoms with van der Waals surface area (Å²) in [5, 5.41) is 0.715. The van der Waals surface area contributed by atoms with Crippen LogP contribution in [0, 0.1) is 0 Å². The van der Waals surface area contributed by atoms with E-state index >= 15 is 0 Å². The van der Waals surface area contributed by atoms with Crippen LogP contribution in [0.25, 0.3) is 6.08 Å². The summed E-state index contributed by atoms with van der Waals surface area (Å²) in [6.07, 6.45) is 1.76. The van der Waals surface area contributed by atoms with Gasteiger partial charge in [0.1, 0.15) is 5.16 Å². The molecule has 0 radical (unpaired) electrons. The molecular weight excluding hydrogens is 231 g/mol. The Bertz CT molecular complexity index is 369. The van der Waals surface area contributed by atoms with Crippen molar-refractivity contribution in [1.29, 1.82) is 0 Å². The highest BCUT2D eigenvalue weighted by atomic mass is 35.5. The summed E-state index contributed by atoms with van der Waals surface area (Å²) in [5.74, 6) is 0. The van der Waals surface area contributed by atoms with Crippen LogP contribution in [0.3, 0.4) is 0 Å². The van der Waals surface area contributed by atoms with Crippen LogP contribution < -0.4 is 0 Å². The second-order valence-electron chi connectivity index (χ2n) is 3.15. The zero-order valence-corrected chi connectivity index (χ0v) is 10.1. The van der Waals surface area contributed by atoms with Crippen molar-refractivity contribution in [2.45, 2.75) is 0 Å². The van der Waals surface area contributed by atoms with Gasteiger partial charge in [-0.05, 0) is 23.2 Å². The topological polar surface area (TPSA) is 15.6 Å². The molecule has 0 heterocycles. The van der Waals surface area contributed by atoms with Crippen molar-refractivity contribution in [3.05, 3.63) is 41.1 Å². The Hall–Kier alpha value is -0.990. The smallest absolute Gasteiger partial charge is 0.199 e. The third kappa shape index (κ3) is 4.36. The lowest BCUT2D eigenvalue weighted by molar-refractivity contribution is 0.634. The fraction of sp³-hybridized carbons (Fsp3) is 0.182. The molecule has 0 saturated carbocycles. The Morgan fingerprint density at radius 2 is 1.80 bits per heavy atom. The average molecular weight is 243 g/mol. The van der Waals surface area contributed by atoms with E-state index in [1.807, 2.05) is 30.3 Å². The van der Waals surface area contributed by atoms with Gasteiger partial charge in [0.15, 0.2) is 5.29 Å². The number of halogens is 2. The molecule has 0 aliphatic rings. The molecule has 0 amide bonds. The summed E-state index contributed by atoms with van der Waals surface area (Å²) < 4.78 is 0. The zero-order valence-electron chi connectivity index (χ0n) is 8.61. The fourth-order valence-corrected chi connectivity index (χ4v) is 1.25. The monoisotopic (exact) mass is 242 g/mol. The van der Waals surface area contributed by atoms with E-state index in [9.17, 15) is 0 Å². The number of hydrogen-bond donors (Lipinski definition) is 0. The molecule has 0 aliphatic heterocycles. The van der Waals surface area contributed by atoms with Crippen LogP contribution in [0.2, 0.25) is 0 Å². The summed E-state index contributed by atoms with van der Waals surface area (Å²) >= 11 is 11.7. The summed E-state index contributed by atoms with van der Waals surface area (Å²) in [4.78, 5) is 5.69. The molecule has 1 aromatic carbocycles. The van der Waals surface area contributed by atoms with E-state index in [0.717, 1.165) is 5.56 Å². The maximum atomic E-state index is 5.92. The molecule has 0 fully saturated rings. The molecule has 0 unspecified atom stereocenters. The number of hydrogen-bond acceptors (Lipinski definition) is 1. The zero-order chi connectivity index (χ0) is 11.3. The summed E-state index contributed by atoms with van der Waals surface area (Å²) in [7, 11) is 3.61. The molecule has 0 saturated heterocycles. The largest absolute Gasteiger partial charge is 0.353 e. The van der Waals surface area contributed by atoms with E-state index in [1.165, 1.54) is 0 Å². The van der Waals surface area contributed by atoms with Gasteiger partial charge >= 0.3 is 0 Å². The van der Waals surface area contributed by atoms with E-state index in [-0.39, 0.29) is 0 Å². The van der Waals surface area contributed by atoms with Crippen LogP contribution >= 0.6 is 23.2 Å². The van der Waals surface area contributed by atoms with Gasteiger partial charge in [0.25, 0.3) is 0 Å². The molecule has 0 aromatic heterocycles. The molecule has 0 spiro atoms. The van der Waals surface area contributed by atoms with Crippen LogP contribution in [0.1, 0.15) is 5.56 Å². The standard InChI is InChI=1S/C11H12Cl2N2/c1-15(2)11(13)14-10(12)8-9-6-4-3-5-7-9/h3-8H,1-2H3. The van der Waals surface area contributed by atoms with E-state index in [4.69, 9.17) is 23.2 Å². The van der Waals surface area contributed by atoms with Gasteiger partial charge in [-0.1, -0.05) is 41.9 Å². The van der Waals surface area contributed by atoms with Crippen molar-refractivity contribution in [3.63, 3.8) is 0 Å². The first-order valence-electron chi connectivity index (χ1n) is 4.43. The predicted octanol–water partition coefficient (Wildman–Crippen LogP) is 3.38. The number of aliphatic imine (C=N–C) groups is 1. The van der Waals surface area contributed by atoms with Gasteiger partial charge in [-0.15, -0.1) is 0 Å². The molecule has 2 nitrogen and oxygen atoms in total.